The smallest absolute Gasteiger partial charge is 0.227 e. The first-order valence-electron chi connectivity index (χ1n) is 11.2. The van der Waals surface area contributed by atoms with E-state index in [1.54, 1.807) is 12.3 Å². The Morgan fingerprint density at radius 2 is 1.91 bits per heavy atom. The number of hydrogen-bond donors (Lipinski definition) is 2. The lowest BCUT2D eigenvalue weighted by atomic mass is 9.97. The van der Waals surface area contributed by atoms with E-state index in [-0.39, 0.29) is 28.5 Å². The van der Waals surface area contributed by atoms with Crippen molar-refractivity contribution in [2.75, 3.05) is 36.4 Å². The number of anilines is 2. The molecule has 1 saturated heterocycles. The summed E-state index contributed by atoms with van der Waals surface area (Å²) in [7, 11) is 0. The number of amides is 2. The molecule has 2 N–H and O–H groups in total. The molecule has 1 aromatic heterocycles. The minimum absolute atomic E-state index is 0.0223. The van der Waals surface area contributed by atoms with Crippen molar-refractivity contribution in [3.05, 3.63) is 40.8 Å². The van der Waals surface area contributed by atoms with E-state index in [9.17, 15) is 14.7 Å². The number of nitrogens with one attached hydrogen (secondary N) is 1. The van der Waals surface area contributed by atoms with Crippen molar-refractivity contribution in [2.45, 2.75) is 39.0 Å². The quantitative estimate of drug-likeness (QED) is 0.397. The summed E-state index contributed by atoms with van der Waals surface area (Å²) in [5.41, 5.74) is 0.555. The number of rotatable bonds is 9. The SMILES string of the molecule is CC[C@@H](CCCCC(=O)N1CCN(c2cncc(Cl)n2)CC1)C(=O)Nc1ccc(O)c(Cl)c1. The van der Waals surface area contributed by atoms with Crippen LogP contribution in [-0.2, 0) is 9.59 Å². The molecule has 1 aromatic carbocycles. The Hall–Kier alpha value is -2.58. The first-order valence-corrected chi connectivity index (χ1v) is 11.9. The molecular weight excluding hydrogens is 465 g/mol. The summed E-state index contributed by atoms with van der Waals surface area (Å²) in [5.74, 6) is 0.628. The summed E-state index contributed by atoms with van der Waals surface area (Å²) in [6, 6.07) is 4.59. The number of phenolic OH excluding ortho intramolecular Hbond substituents is 1. The van der Waals surface area contributed by atoms with Gasteiger partial charge in [-0.25, -0.2) is 4.98 Å². The van der Waals surface area contributed by atoms with E-state index < -0.39 is 0 Å². The van der Waals surface area contributed by atoms with Crippen LogP contribution in [0.5, 0.6) is 5.75 Å². The van der Waals surface area contributed by atoms with Gasteiger partial charge in [0.2, 0.25) is 11.8 Å². The number of benzene rings is 1. The minimum Gasteiger partial charge on any atom is -0.506 e. The number of hydrogen-bond acceptors (Lipinski definition) is 6. The Morgan fingerprint density at radius 1 is 1.15 bits per heavy atom. The molecule has 2 aromatic rings. The normalized spacial score (nSPS) is 14.8. The molecule has 33 heavy (non-hydrogen) atoms. The highest BCUT2D eigenvalue weighted by atomic mass is 35.5. The molecule has 2 heterocycles. The highest BCUT2D eigenvalue weighted by molar-refractivity contribution is 6.32. The fourth-order valence-corrected chi connectivity index (χ4v) is 4.17. The van der Waals surface area contributed by atoms with E-state index in [0.717, 1.165) is 18.7 Å². The molecule has 10 heteroatoms. The van der Waals surface area contributed by atoms with Crippen LogP contribution in [0.2, 0.25) is 10.2 Å². The maximum Gasteiger partial charge on any atom is 0.227 e. The van der Waals surface area contributed by atoms with Gasteiger partial charge in [0.15, 0.2) is 0 Å². The van der Waals surface area contributed by atoms with Gasteiger partial charge in [0.1, 0.15) is 16.7 Å². The third-order valence-corrected chi connectivity index (χ3v) is 6.31. The Morgan fingerprint density at radius 3 is 2.58 bits per heavy atom. The molecule has 3 rings (SSSR count). The Kier molecular flexibility index (Phi) is 9.14. The number of aromatic nitrogens is 2. The van der Waals surface area contributed by atoms with Crippen LogP contribution in [-0.4, -0.2) is 58.0 Å². The molecule has 0 radical (unpaired) electrons. The number of carbonyl (C=O) groups is 2. The molecule has 1 atom stereocenters. The predicted octanol–water partition coefficient (Wildman–Crippen LogP) is 4.36. The standard InChI is InChI=1S/C23H29Cl2N5O3/c1-2-16(23(33)27-17-7-8-19(31)18(24)13-17)5-3-4-6-22(32)30-11-9-29(10-12-30)21-15-26-14-20(25)28-21/h7-8,13-16,31H,2-6,9-12H2,1H3,(H,27,33)/t16-/m0/s1. The van der Waals surface area contributed by atoms with Gasteiger partial charge in [0.25, 0.3) is 0 Å². The lowest BCUT2D eigenvalue weighted by Crippen LogP contribution is -2.49. The molecule has 8 nitrogen and oxygen atoms in total. The summed E-state index contributed by atoms with van der Waals surface area (Å²) in [6.07, 6.45) is 6.62. The fourth-order valence-electron chi connectivity index (χ4n) is 3.84. The van der Waals surface area contributed by atoms with Gasteiger partial charge >= 0.3 is 0 Å². The third-order valence-electron chi connectivity index (χ3n) is 5.82. The van der Waals surface area contributed by atoms with E-state index >= 15 is 0 Å². The number of carbonyl (C=O) groups excluding carboxylic acids is 2. The molecular formula is C23H29Cl2N5O3. The topological polar surface area (TPSA) is 98.7 Å². The van der Waals surface area contributed by atoms with E-state index in [1.165, 1.54) is 18.3 Å². The zero-order valence-electron chi connectivity index (χ0n) is 18.6. The van der Waals surface area contributed by atoms with Crippen LogP contribution in [0.4, 0.5) is 11.5 Å². The van der Waals surface area contributed by atoms with Crippen LogP contribution in [0.15, 0.2) is 30.6 Å². The number of unbranched alkanes of at least 4 members (excludes halogenated alkanes) is 1. The molecule has 2 amide bonds. The van der Waals surface area contributed by atoms with Gasteiger partial charge < -0.3 is 20.2 Å². The van der Waals surface area contributed by atoms with Crippen LogP contribution < -0.4 is 10.2 Å². The molecule has 178 valence electrons. The molecule has 1 fully saturated rings. The average molecular weight is 494 g/mol. The number of halogens is 2. The second-order valence-electron chi connectivity index (χ2n) is 8.07. The van der Waals surface area contributed by atoms with Crippen molar-refractivity contribution in [3.63, 3.8) is 0 Å². The van der Waals surface area contributed by atoms with Crippen molar-refractivity contribution in [3.8, 4) is 5.75 Å². The first-order chi connectivity index (χ1) is 15.9. The van der Waals surface area contributed by atoms with Crippen molar-refractivity contribution in [1.82, 2.24) is 14.9 Å². The molecule has 0 bridgehead atoms. The summed E-state index contributed by atoms with van der Waals surface area (Å²) in [4.78, 5) is 37.5. The number of aromatic hydroxyl groups is 1. The van der Waals surface area contributed by atoms with E-state index in [0.29, 0.717) is 56.3 Å². The number of phenols is 1. The second-order valence-corrected chi connectivity index (χ2v) is 8.87. The Balaban J connectivity index is 1.37. The predicted molar refractivity (Wildman–Crippen MR) is 130 cm³/mol. The van der Waals surface area contributed by atoms with Gasteiger partial charge in [-0.05, 0) is 37.5 Å². The first kappa shape index (κ1) is 25.1. The third kappa shape index (κ3) is 7.20. The largest absolute Gasteiger partial charge is 0.506 e. The van der Waals surface area contributed by atoms with E-state index in [4.69, 9.17) is 23.2 Å². The maximum atomic E-state index is 12.6. The lowest BCUT2D eigenvalue weighted by molar-refractivity contribution is -0.131. The minimum atomic E-state index is -0.143. The summed E-state index contributed by atoms with van der Waals surface area (Å²) >= 11 is 11.8. The van der Waals surface area contributed by atoms with E-state index in [2.05, 4.69) is 20.2 Å². The van der Waals surface area contributed by atoms with Crippen LogP contribution in [0.3, 0.4) is 0 Å². The van der Waals surface area contributed by atoms with Gasteiger partial charge in [0.05, 0.1) is 17.4 Å². The Labute approximate surface area is 203 Å². The summed E-state index contributed by atoms with van der Waals surface area (Å²) in [5, 5.41) is 12.9. The van der Waals surface area contributed by atoms with Gasteiger partial charge in [-0.15, -0.1) is 0 Å². The summed E-state index contributed by atoms with van der Waals surface area (Å²) in [6.45, 7) is 4.65. The molecule has 0 unspecified atom stereocenters. The van der Waals surface area contributed by atoms with Gasteiger partial charge in [-0.1, -0.05) is 36.5 Å². The highest BCUT2D eigenvalue weighted by Gasteiger charge is 2.22. The zero-order valence-corrected chi connectivity index (χ0v) is 20.1. The summed E-state index contributed by atoms with van der Waals surface area (Å²) < 4.78 is 0. The van der Waals surface area contributed by atoms with Crippen molar-refractivity contribution >= 4 is 46.5 Å². The maximum absolute atomic E-state index is 12.6. The van der Waals surface area contributed by atoms with Crippen LogP contribution in [0, 0.1) is 5.92 Å². The molecule has 0 saturated carbocycles. The van der Waals surface area contributed by atoms with Gasteiger partial charge in [0, 0.05) is 44.2 Å². The monoisotopic (exact) mass is 493 g/mol. The zero-order chi connectivity index (χ0) is 23.8. The van der Waals surface area contributed by atoms with Gasteiger partial charge in [-0.3, -0.25) is 14.6 Å². The van der Waals surface area contributed by atoms with Crippen molar-refractivity contribution < 1.29 is 14.7 Å². The number of nitrogens with zero attached hydrogens (tertiary/aromatic N) is 4. The van der Waals surface area contributed by atoms with Crippen LogP contribution in [0.25, 0.3) is 0 Å². The van der Waals surface area contributed by atoms with E-state index in [1.807, 2.05) is 11.8 Å². The van der Waals surface area contributed by atoms with Crippen molar-refractivity contribution in [2.24, 2.45) is 5.92 Å². The van der Waals surface area contributed by atoms with Crippen LogP contribution in [0.1, 0.15) is 39.0 Å². The highest BCUT2D eigenvalue weighted by Crippen LogP contribution is 2.27. The molecule has 1 aliphatic rings. The fraction of sp³-hybridized carbons (Fsp3) is 0.478. The Bertz CT molecular complexity index is 967. The van der Waals surface area contributed by atoms with Crippen molar-refractivity contribution in [1.29, 1.82) is 0 Å². The number of piperazine rings is 1. The molecule has 0 aliphatic carbocycles. The molecule has 0 spiro atoms. The average Bonchev–Trinajstić information content (AvgIpc) is 2.81. The molecule has 1 aliphatic heterocycles. The second kappa shape index (κ2) is 12.0. The van der Waals surface area contributed by atoms with Gasteiger partial charge in [-0.2, -0.15) is 0 Å². The van der Waals surface area contributed by atoms with Crippen LogP contribution >= 0.6 is 23.2 Å². The lowest BCUT2D eigenvalue weighted by Gasteiger charge is -2.35.